The van der Waals surface area contributed by atoms with E-state index in [1.807, 2.05) is 36.4 Å². The topological polar surface area (TPSA) is 48.5 Å². The molecule has 0 radical (unpaired) electrons. The number of fused-ring (bicyclic) bond motifs is 12. The second-order valence-corrected chi connectivity index (χ2v) is 17.0. The Morgan fingerprint density at radius 2 is 0.750 bits per heavy atom. The van der Waals surface area contributed by atoms with Gasteiger partial charge in [0.1, 0.15) is 0 Å². The highest BCUT2D eigenvalue weighted by atomic mass is 15.2. The summed E-state index contributed by atoms with van der Waals surface area (Å²) in [5.41, 5.74) is 12.1. The standard InChI is InChI=1S/C59H39N5/c1-36-24-28-53-49(30-36)51-34-52-50-31-37(2)25-29-54(50)64(59-61-57(38-14-5-3-6-15-38)60-58(62-59)39-16-7-4-8-17-39)56(52)35-55(51)63(53)42-19-13-18-40(32-42)41-26-27-47-45-22-10-9-20-43(45)44-21-11-12-23-46(44)48(47)33-41/h3-35H,1-2H3. The Hall–Kier alpha value is -8.41. The van der Waals surface area contributed by atoms with E-state index >= 15 is 0 Å². The fraction of sp³-hybridized carbons (Fsp3) is 0.0339. The van der Waals surface area contributed by atoms with Crippen molar-refractivity contribution < 1.29 is 0 Å². The molecule has 13 aromatic rings. The van der Waals surface area contributed by atoms with Crippen molar-refractivity contribution in [1.82, 2.24) is 24.1 Å². The molecule has 0 N–H and O–H groups in total. The highest BCUT2D eigenvalue weighted by molar-refractivity contribution is 6.26. The van der Waals surface area contributed by atoms with E-state index in [1.54, 1.807) is 0 Å². The fourth-order valence-corrected chi connectivity index (χ4v) is 10.1. The van der Waals surface area contributed by atoms with Gasteiger partial charge >= 0.3 is 0 Å². The van der Waals surface area contributed by atoms with Crippen LogP contribution in [0.4, 0.5) is 0 Å². The zero-order chi connectivity index (χ0) is 42.5. The summed E-state index contributed by atoms with van der Waals surface area (Å²) in [7, 11) is 0. The third-order valence-corrected chi connectivity index (χ3v) is 13.0. The lowest BCUT2D eigenvalue weighted by atomic mass is 9.92. The summed E-state index contributed by atoms with van der Waals surface area (Å²) in [4.78, 5) is 15.5. The molecule has 300 valence electrons. The van der Waals surface area contributed by atoms with Gasteiger partial charge in [-0.05, 0) is 112 Å². The molecule has 0 fully saturated rings. The number of rotatable bonds is 5. The maximum atomic E-state index is 5.25. The van der Waals surface area contributed by atoms with Crippen LogP contribution in [0, 0.1) is 13.8 Å². The van der Waals surface area contributed by atoms with Gasteiger partial charge in [0.15, 0.2) is 11.6 Å². The average molecular weight is 818 g/mol. The molecule has 10 aromatic carbocycles. The number of hydrogen-bond donors (Lipinski definition) is 0. The van der Waals surface area contributed by atoms with Crippen molar-refractivity contribution in [1.29, 1.82) is 0 Å². The van der Waals surface area contributed by atoms with Crippen LogP contribution in [0.25, 0.3) is 121 Å². The molecule has 0 spiro atoms. The van der Waals surface area contributed by atoms with E-state index < -0.39 is 0 Å². The van der Waals surface area contributed by atoms with Gasteiger partial charge in [-0.2, -0.15) is 9.97 Å². The van der Waals surface area contributed by atoms with Gasteiger partial charge in [0.05, 0.1) is 22.1 Å². The van der Waals surface area contributed by atoms with Gasteiger partial charge in [-0.3, -0.25) is 4.57 Å². The Morgan fingerprint density at radius 1 is 0.281 bits per heavy atom. The molecule has 0 atom stereocenters. The van der Waals surface area contributed by atoms with Crippen LogP contribution < -0.4 is 0 Å². The van der Waals surface area contributed by atoms with Crippen LogP contribution in [-0.4, -0.2) is 24.1 Å². The van der Waals surface area contributed by atoms with Crippen molar-refractivity contribution in [2.45, 2.75) is 13.8 Å². The Labute approximate surface area is 369 Å². The first-order valence-corrected chi connectivity index (χ1v) is 21.8. The minimum Gasteiger partial charge on any atom is -0.309 e. The second-order valence-electron chi connectivity index (χ2n) is 17.0. The predicted molar refractivity (Wildman–Crippen MR) is 267 cm³/mol. The molecule has 0 amide bonds. The van der Waals surface area contributed by atoms with E-state index in [4.69, 9.17) is 15.0 Å². The van der Waals surface area contributed by atoms with Crippen molar-refractivity contribution in [2.75, 3.05) is 0 Å². The summed E-state index contributed by atoms with van der Waals surface area (Å²) in [6.07, 6.45) is 0. The molecule has 3 aromatic heterocycles. The smallest absolute Gasteiger partial charge is 0.238 e. The normalized spacial score (nSPS) is 11.9. The second kappa shape index (κ2) is 14.1. The fourth-order valence-electron chi connectivity index (χ4n) is 10.1. The SMILES string of the molecule is Cc1ccc2c(c1)c1cc3c4cc(C)ccc4n(-c4nc(-c5ccccc5)nc(-c5ccccc5)n4)c3cc1n2-c1cccc(-c2ccc3c4ccccc4c4ccccc4c3c2)c1. The molecular weight excluding hydrogens is 779 g/mol. The zero-order valence-corrected chi connectivity index (χ0v) is 35.3. The Morgan fingerprint density at radius 3 is 1.34 bits per heavy atom. The molecule has 3 heterocycles. The molecular formula is C59H39N5. The van der Waals surface area contributed by atoms with Crippen molar-refractivity contribution in [3.05, 3.63) is 211 Å². The first-order chi connectivity index (χ1) is 31.5. The molecule has 64 heavy (non-hydrogen) atoms. The molecule has 5 nitrogen and oxygen atoms in total. The van der Waals surface area contributed by atoms with E-state index in [-0.39, 0.29) is 0 Å². The van der Waals surface area contributed by atoms with E-state index in [9.17, 15) is 0 Å². The summed E-state index contributed by atoms with van der Waals surface area (Å²) in [5.74, 6) is 1.83. The van der Waals surface area contributed by atoms with Gasteiger partial charge in [-0.25, -0.2) is 4.98 Å². The van der Waals surface area contributed by atoms with Crippen molar-refractivity contribution in [3.8, 4) is 45.5 Å². The van der Waals surface area contributed by atoms with Crippen LogP contribution in [0.1, 0.15) is 11.1 Å². The van der Waals surface area contributed by atoms with E-state index in [1.165, 1.54) is 59.8 Å². The number of aromatic nitrogens is 5. The van der Waals surface area contributed by atoms with Gasteiger partial charge in [-0.1, -0.05) is 157 Å². The Kier molecular flexibility index (Phi) is 7.97. The van der Waals surface area contributed by atoms with Crippen LogP contribution in [0.15, 0.2) is 200 Å². The summed E-state index contributed by atoms with van der Waals surface area (Å²) < 4.78 is 4.67. The summed E-state index contributed by atoms with van der Waals surface area (Å²) in [6, 6.07) is 72.2. The minimum atomic E-state index is 0.577. The largest absolute Gasteiger partial charge is 0.309 e. The monoisotopic (exact) mass is 817 g/mol. The average Bonchev–Trinajstić information content (AvgIpc) is 3.84. The Balaban J connectivity index is 1.06. The van der Waals surface area contributed by atoms with E-state index in [0.717, 1.165) is 55.2 Å². The van der Waals surface area contributed by atoms with E-state index in [0.29, 0.717) is 17.6 Å². The van der Waals surface area contributed by atoms with Gasteiger partial charge in [0.25, 0.3) is 0 Å². The van der Waals surface area contributed by atoms with E-state index in [2.05, 4.69) is 187 Å². The third kappa shape index (κ3) is 5.61. The van der Waals surface area contributed by atoms with Crippen LogP contribution >= 0.6 is 0 Å². The highest BCUT2D eigenvalue weighted by Crippen LogP contribution is 2.42. The maximum Gasteiger partial charge on any atom is 0.238 e. The quantitative estimate of drug-likeness (QED) is 0.163. The molecule has 13 rings (SSSR count). The zero-order valence-electron chi connectivity index (χ0n) is 35.3. The van der Waals surface area contributed by atoms with Gasteiger partial charge in [0.2, 0.25) is 5.95 Å². The Bertz CT molecular complexity index is 3940. The highest BCUT2D eigenvalue weighted by Gasteiger charge is 2.22. The lowest BCUT2D eigenvalue weighted by Crippen LogP contribution is -2.06. The molecule has 0 aliphatic heterocycles. The van der Waals surface area contributed by atoms with Gasteiger partial charge in [0, 0.05) is 38.4 Å². The molecule has 0 unspecified atom stereocenters. The first kappa shape index (κ1) is 36.3. The predicted octanol–water partition coefficient (Wildman–Crippen LogP) is 15.1. The lowest BCUT2D eigenvalue weighted by molar-refractivity contribution is 0.953. The van der Waals surface area contributed by atoms with Crippen LogP contribution in [-0.2, 0) is 0 Å². The van der Waals surface area contributed by atoms with Crippen molar-refractivity contribution in [2.24, 2.45) is 0 Å². The third-order valence-electron chi connectivity index (χ3n) is 13.0. The number of hydrogen-bond acceptors (Lipinski definition) is 3. The first-order valence-electron chi connectivity index (χ1n) is 21.8. The number of benzene rings is 10. The molecule has 0 saturated carbocycles. The molecule has 5 heteroatoms. The summed E-state index contributed by atoms with van der Waals surface area (Å²) >= 11 is 0. The van der Waals surface area contributed by atoms with Crippen LogP contribution in [0.3, 0.4) is 0 Å². The molecule has 0 aliphatic rings. The maximum absolute atomic E-state index is 5.25. The number of nitrogens with zero attached hydrogens (tertiary/aromatic N) is 5. The van der Waals surface area contributed by atoms with Gasteiger partial charge in [-0.15, -0.1) is 0 Å². The lowest BCUT2D eigenvalue weighted by Gasteiger charge is -2.14. The van der Waals surface area contributed by atoms with Crippen LogP contribution in [0.2, 0.25) is 0 Å². The van der Waals surface area contributed by atoms with Gasteiger partial charge < -0.3 is 4.57 Å². The van der Waals surface area contributed by atoms with Crippen molar-refractivity contribution in [3.63, 3.8) is 0 Å². The van der Waals surface area contributed by atoms with Crippen LogP contribution in [0.5, 0.6) is 0 Å². The molecule has 0 saturated heterocycles. The molecule has 0 bridgehead atoms. The minimum absolute atomic E-state index is 0.577. The summed E-state index contributed by atoms with van der Waals surface area (Å²) in [6.45, 7) is 4.34. The van der Waals surface area contributed by atoms with Crippen molar-refractivity contribution >= 4 is 75.9 Å². The number of aryl methyl sites for hydroxylation is 2. The molecule has 0 aliphatic carbocycles. The summed E-state index contributed by atoms with van der Waals surface area (Å²) in [5, 5.41) is 12.4.